The van der Waals surface area contributed by atoms with E-state index in [-0.39, 0.29) is 11.7 Å². The lowest BCUT2D eigenvalue weighted by molar-refractivity contribution is -0.122. The molecular weight excluding hydrogens is 378 g/mol. The number of hydroxylamine groups is 1. The summed E-state index contributed by atoms with van der Waals surface area (Å²) in [6.07, 6.45) is 7.62. The molecule has 1 amide bonds. The maximum absolute atomic E-state index is 12.8. The summed E-state index contributed by atoms with van der Waals surface area (Å²) >= 11 is 0. The van der Waals surface area contributed by atoms with Crippen LogP contribution < -0.4 is 10.8 Å². The van der Waals surface area contributed by atoms with E-state index in [0.29, 0.717) is 18.7 Å². The normalized spacial score (nSPS) is 16.7. The molecule has 3 rings (SSSR count). The number of benzene rings is 1. The number of hydrogen-bond acceptors (Lipinski definition) is 5. The number of fused-ring (bicyclic) bond motifs is 1. The molecule has 0 bridgehead atoms. The Morgan fingerprint density at radius 2 is 1.80 bits per heavy atom. The predicted molar refractivity (Wildman–Crippen MR) is 115 cm³/mol. The van der Waals surface area contributed by atoms with Crippen LogP contribution in [-0.2, 0) is 30.6 Å². The molecular formula is C24H31N3O3. The molecule has 6 heteroatoms. The van der Waals surface area contributed by atoms with Gasteiger partial charge in [0.15, 0.2) is 0 Å². The lowest BCUT2D eigenvalue weighted by Crippen LogP contribution is -2.28. The molecule has 0 saturated carbocycles. The van der Waals surface area contributed by atoms with Crippen LogP contribution >= 0.6 is 0 Å². The lowest BCUT2D eigenvalue weighted by Gasteiger charge is -2.15. The number of pyridine rings is 1. The molecule has 1 aromatic carbocycles. The Morgan fingerprint density at radius 3 is 2.50 bits per heavy atom. The van der Waals surface area contributed by atoms with Gasteiger partial charge >= 0.3 is 0 Å². The van der Waals surface area contributed by atoms with Gasteiger partial charge in [-0.25, -0.2) is 5.48 Å². The van der Waals surface area contributed by atoms with Crippen molar-refractivity contribution in [3.8, 4) is 0 Å². The molecule has 0 fully saturated rings. The van der Waals surface area contributed by atoms with Crippen molar-refractivity contribution in [3.63, 3.8) is 0 Å². The summed E-state index contributed by atoms with van der Waals surface area (Å²) in [5, 5.41) is 12.1. The van der Waals surface area contributed by atoms with E-state index in [9.17, 15) is 9.59 Å². The highest BCUT2D eigenvalue weighted by Gasteiger charge is 2.20. The first-order chi connectivity index (χ1) is 14.6. The van der Waals surface area contributed by atoms with Gasteiger partial charge in [-0.1, -0.05) is 31.2 Å². The van der Waals surface area contributed by atoms with Crippen LogP contribution in [0.15, 0.2) is 36.5 Å². The summed E-state index contributed by atoms with van der Waals surface area (Å²) in [5.74, 6) is -0.206. The Morgan fingerprint density at radius 1 is 1.10 bits per heavy atom. The summed E-state index contributed by atoms with van der Waals surface area (Å²) in [6, 6.07) is 10.3. The maximum Gasteiger partial charge on any atom is 0.276 e. The molecule has 1 aromatic heterocycles. The molecule has 1 heterocycles. The molecule has 1 atom stereocenters. The number of aryl methyl sites for hydroxylation is 3. The van der Waals surface area contributed by atoms with Crippen LogP contribution in [0.25, 0.3) is 0 Å². The Hall–Kier alpha value is -2.57. The highest BCUT2D eigenvalue weighted by atomic mass is 16.5. The van der Waals surface area contributed by atoms with Crippen molar-refractivity contribution in [2.75, 3.05) is 6.54 Å². The molecule has 1 unspecified atom stereocenters. The smallest absolute Gasteiger partial charge is 0.276 e. The number of nitrogens with zero attached hydrogens (tertiary/aromatic N) is 1. The van der Waals surface area contributed by atoms with Crippen molar-refractivity contribution in [2.24, 2.45) is 5.92 Å². The van der Waals surface area contributed by atoms with E-state index < -0.39 is 5.91 Å². The first-order valence-electron chi connectivity index (χ1n) is 10.8. The first-order valence-corrected chi connectivity index (χ1v) is 10.8. The van der Waals surface area contributed by atoms with Crippen LogP contribution in [0.3, 0.4) is 0 Å². The van der Waals surface area contributed by atoms with Gasteiger partial charge in [-0.15, -0.1) is 0 Å². The zero-order chi connectivity index (χ0) is 21.3. The van der Waals surface area contributed by atoms with Crippen molar-refractivity contribution < 1.29 is 14.8 Å². The molecule has 0 saturated heterocycles. The number of nitrogens with one attached hydrogen (secondary N) is 2. The van der Waals surface area contributed by atoms with Crippen molar-refractivity contribution in [2.45, 2.75) is 58.4 Å². The molecule has 30 heavy (non-hydrogen) atoms. The summed E-state index contributed by atoms with van der Waals surface area (Å²) in [4.78, 5) is 28.8. The largest absolute Gasteiger partial charge is 0.306 e. The van der Waals surface area contributed by atoms with Crippen LogP contribution in [0.2, 0.25) is 0 Å². The van der Waals surface area contributed by atoms with E-state index in [1.165, 1.54) is 17.3 Å². The number of hydrogen-bond donors (Lipinski definition) is 3. The highest BCUT2D eigenvalue weighted by Crippen LogP contribution is 2.23. The van der Waals surface area contributed by atoms with Gasteiger partial charge < -0.3 is 5.32 Å². The fourth-order valence-electron chi connectivity index (χ4n) is 4.06. The molecule has 1 aliphatic carbocycles. The Kier molecular flexibility index (Phi) is 8.11. The third-order valence-electron chi connectivity index (χ3n) is 5.90. The van der Waals surface area contributed by atoms with Gasteiger partial charge in [0.1, 0.15) is 5.78 Å². The van der Waals surface area contributed by atoms with Crippen LogP contribution in [0, 0.1) is 5.92 Å². The number of ketones is 1. The SMILES string of the molecule is CCc1ccc(CNCC(=O)C2CCCc3cc(C(=O)NO)cnc3CCC2)cc1. The first kappa shape index (κ1) is 22.1. The average Bonchev–Trinajstić information content (AvgIpc) is 2.88. The third kappa shape index (κ3) is 5.97. The third-order valence-corrected chi connectivity index (χ3v) is 5.90. The predicted octanol–water partition coefficient (Wildman–Crippen LogP) is 3.40. The van der Waals surface area contributed by atoms with E-state index in [4.69, 9.17) is 5.21 Å². The zero-order valence-electron chi connectivity index (χ0n) is 17.6. The monoisotopic (exact) mass is 409 g/mol. The van der Waals surface area contributed by atoms with Crippen LogP contribution in [0.4, 0.5) is 0 Å². The topological polar surface area (TPSA) is 91.3 Å². The number of carbonyl (C=O) groups excluding carboxylic acids is 2. The molecule has 160 valence electrons. The highest BCUT2D eigenvalue weighted by molar-refractivity contribution is 5.93. The van der Waals surface area contributed by atoms with E-state index in [0.717, 1.165) is 56.2 Å². The number of aromatic nitrogens is 1. The quantitative estimate of drug-likeness (QED) is 0.482. The van der Waals surface area contributed by atoms with Gasteiger partial charge in [0.2, 0.25) is 0 Å². The average molecular weight is 410 g/mol. The molecule has 3 N–H and O–H groups in total. The summed E-state index contributed by atoms with van der Waals surface area (Å²) in [5.41, 5.74) is 6.56. The Labute approximate surface area is 178 Å². The van der Waals surface area contributed by atoms with E-state index in [1.54, 1.807) is 11.5 Å². The van der Waals surface area contributed by atoms with Crippen LogP contribution in [0.5, 0.6) is 0 Å². The van der Waals surface area contributed by atoms with Crippen molar-refractivity contribution in [1.82, 2.24) is 15.8 Å². The molecule has 6 nitrogen and oxygen atoms in total. The number of carbonyl (C=O) groups is 2. The molecule has 0 spiro atoms. The summed E-state index contributed by atoms with van der Waals surface area (Å²) in [6.45, 7) is 3.24. The van der Waals surface area contributed by atoms with Gasteiger partial charge in [-0.05, 0) is 67.7 Å². The second kappa shape index (κ2) is 11.0. The fraction of sp³-hybridized carbons (Fsp3) is 0.458. The van der Waals surface area contributed by atoms with Gasteiger partial charge in [-0.3, -0.25) is 19.8 Å². The lowest BCUT2D eigenvalue weighted by atomic mass is 9.92. The van der Waals surface area contributed by atoms with E-state index in [2.05, 4.69) is 41.5 Å². The minimum atomic E-state index is -0.548. The van der Waals surface area contributed by atoms with Crippen LogP contribution in [0.1, 0.15) is 65.3 Å². The molecule has 0 radical (unpaired) electrons. The van der Waals surface area contributed by atoms with Gasteiger partial charge in [0.25, 0.3) is 5.91 Å². The minimum absolute atomic E-state index is 0.0643. The van der Waals surface area contributed by atoms with Gasteiger partial charge in [0, 0.05) is 24.4 Å². The zero-order valence-corrected chi connectivity index (χ0v) is 17.6. The Bertz CT molecular complexity index is 864. The number of Topliss-reactive ketones (excluding diaryl/α,β-unsaturated/α-hetero) is 1. The Balaban J connectivity index is 1.51. The van der Waals surface area contributed by atoms with Crippen molar-refractivity contribution in [1.29, 1.82) is 0 Å². The molecule has 0 aliphatic heterocycles. The maximum atomic E-state index is 12.8. The number of rotatable bonds is 7. The van der Waals surface area contributed by atoms with Crippen molar-refractivity contribution >= 4 is 11.7 Å². The number of amides is 1. The van der Waals surface area contributed by atoms with Crippen molar-refractivity contribution in [3.05, 3.63) is 64.5 Å². The molecule has 1 aliphatic rings. The van der Waals surface area contributed by atoms with Crippen LogP contribution in [-0.4, -0.2) is 28.4 Å². The minimum Gasteiger partial charge on any atom is -0.306 e. The fourth-order valence-corrected chi connectivity index (χ4v) is 4.06. The summed E-state index contributed by atoms with van der Waals surface area (Å²) in [7, 11) is 0. The molecule has 2 aromatic rings. The second-order valence-corrected chi connectivity index (χ2v) is 7.99. The standard InChI is InChI=1S/C24H31N3O3/c1-2-17-9-11-18(12-10-17)14-25-16-23(28)19-5-3-7-20-13-21(24(29)27-30)15-26-22(20)8-4-6-19/h9-13,15,19,25,30H,2-8,14,16H2,1H3,(H,27,29). The van der Waals surface area contributed by atoms with Gasteiger partial charge in [0.05, 0.1) is 12.1 Å². The summed E-state index contributed by atoms with van der Waals surface area (Å²) < 4.78 is 0. The van der Waals surface area contributed by atoms with E-state index >= 15 is 0 Å². The van der Waals surface area contributed by atoms with E-state index in [1.807, 2.05) is 0 Å². The van der Waals surface area contributed by atoms with Gasteiger partial charge in [-0.2, -0.15) is 0 Å². The second-order valence-electron chi connectivity index (χ2n) is 7.99.